The molecule has 0 atom stereocenters. The molecule has 0 radical (unpaired) electrons. The van der Waals surface area contributed by atoms with E-state index in [1.807, 2.05) is 18.2 Å². The molecule has 5 nitrogen and oxygen atoms in total. The molecule has 3 aromatic rings. The second kappa shape index (κ2) is 7.56. The molecule has 0 aliphatic carbocycles. The van der Waals surface area contributed by atoms with Gasteiger partial charge in [-0.3, -0.25) is 9.59 Å². The third-order valence-electron chi connectivity index (χ3n) is 4.61. The van der Waals surface area contributed by atoms with Gasteiger partial charge in [-0.15, -0.1) is 0 Å². The summed E-state index contributed by atoms with van der Waals surface area (Å²) < 4.78 is 5.32. The molecule has 3 aromatic carbocycles. The van der Waals surface area contributed by atoms with Crippen molar-refractivity contribution in [2.24, 2.45) is 0 Å². The highest BCUT2D eigenvalue weighted by Gasteiger charge is 2.17. The number of rotatable bonds is 4. The molecule has 1 heterocycles. The molecule has 1 aliphatic rings. The second-order valence-electron chi connectivity index (χ2n) is 6.80. The van der Waals surface area contributed by atoms with E-state index in [0.717, 1.165) is 16.7 Å². The summed E-state index contributed by atoms with van der Waals surface area (Å²) in [4.78, 5) is 24.0. The molecule has 1 aliphatic heterocycles. The molecule has 5 heteroatoms. The van der Waals surface area contributed by atoms with Crippen molar-refractivity contribution in [2.75, 3.05) is 11.9 Å². The summed E-state index contributed by atoms with van der Waals surface area (Å²) in [6.45, 7) is 2.48. The summed E-state index contributed by atoms with van der Waals surface area (Å²) in [5.41, 5.74) is 5.48. The zero-order valence-corrected chi connectivity index (χ0v) is 15.5. The van der Waals surface area contributed by atoms with Gasteiger partial charge in [0.1, 0.15) is 5.75 Å². The fraction of sp³-hybridized carbons (Fsp3) is 0.130. The molecule has 0 aromatic heterocycles. The van der Waals surface area contributed by atoms with Crippen LogP contribution < -0.4 is 15.4 Å². The molecule has 0 spiro atoms. The SMILES string of the molecule is Cc1cccc(-c2cccc(CNC(=O)c3ccc4c(c3)NC(=O)CO4)c2)c1. The molecule has 140 valence electrons. The van der Waals surface area contributed by atoms with Crippen LogP contribution in [0.5, 0.6) is 5.75 Å². The van der Waals surface area contributed by atoms with Gasteiger partial charge in [-0.1, -0.05) is 48.0 Å². The quantitative estimate of drug-likeness (QED) is 0.729. The monoisotopic (exact) mass is 372 g/mol. The number of nitrogens with one attached hydrogen (secondary N) is 2. The van der Waals surface area contributed by atoms with Gasteiger partial charge in [0.25, 0.3) is 11.8 Å². The Balaban J connectivity index is 1.46. The average Bonchev–Trinajstić information content (AvgIpc) is 2.71. The van der Waals surface area contributed by atoms with Gasteiger partial charge in [0.2, 0.25) is 0 Å². The number of amides is 2. The van der Waals surface area contributed by atoms with Crippen LogP contribution in [0.1, 0.15) is 21.5 Å². The molecule has 2 N–H and O–H groups in total. The largest absolute Gasteiger partial charge is 0.482 e. The van der Waals surface area contributed by atoms with Crippen LogP contribution >= 0.6 is 0 Å². The number of ether oxygens (including phenoxy) is 1. The summed E-state index contributed by atoms with van der Waals surface area (Å²) in [6.07, 6.45) is 0. The van der Waals surface area contributed by atoms with Crippen molar-refractivity contribution in [3.63, 3.8) is 0 Å². The van der Waals surface area contributed by atoms with E-state index in [1.165, 1.54) is 5.56 Å². The lowest BCUT2D eigenvalue weighted by atomic mass is 10.0. The fourth-order valence-corrected chi connectivity index (χ4v) is 3.19. The minimum Gasteiger partial charge on any atom is -0.482 e. The van der Waals surface area contributed by atoms with Crippen LogP contribution in [0.4, 0.5) is 5.69 Å². The fourth-order valence-electron chi connectivity index (χ4n) is 3.19. The first-order valence-corrected chi connectivity index (χ1v) is 9.09. The standard InChI is InChI=1S/C23H20N2O3/c1-15-4-2-6-17(10-15)18-7-3-5-16(11-18)13-24-23(27)19-8-9-21-20(12-19)25-22(26)14-28-21/h2-12H,13-14H2,1H3,(H,24,27)(H,25,26). The third kappa shape index (κ3) is 3.88. The summed E-state index contributed by atoms with van der Waals surface area (Å²) in [5, 5.41) is 5.65. The summed E-state index contributed by atoms with van der Waals surface area (Å²) in [6, 6.07) is 21.5. The first-order valence-electron chi connectivity index (χ1n) is 9.09. The van der Waals surface area contributed by atoms with E-state index in [1.54, 1.807) is 18.2 Å². The Morgan fingerprint density at radius 1 is 1.04 bits per heavy atom. The lowest BCUT2D eigenvalue weighted by Crippen LogP contribution is -2.27. The van der Waals surface area contributed by atoms with Crippen LogP contribution in [0, 0.1) is 6.92 Å². The second-order valence-corrected chi connectivity index (χ2v) is 6.80. The normalized spacial score (nSPS) is 12.5. The Kier molecular flexibility index (Phi) is 4.81. The van der Waals surface area contributed by atoms with E-state index in [9.17, 15) is 9.59 Å². The van der Waals surface area contributed by atoms with Crippen molar-refractivity contribution in [3.05, 3.63) is 83.4 Å². The Labute approximate surface area is 163 Å². The smallest absolute Gasteiger partial charge is 0.262 e. The van der Waals surface area contributed by atoms with Crippen molar-refractivity contribution in [1.29, 1.82) is 0 Å². The lowest BCUT2D eigenvalue weighted by molar-refractivity contribution is -0.118. The van der Waals surface area contributed by atoms with Crippen LogP contribution in [-0.2, 0) is 11.3 Å². The van der Waals surface area contributed by atoms with Gasteiger partial charge in [-0.2, -0.15) is 0 Å². The Hall–Kier alpha value is -3.60. The van der Waals surface area contributed by atoms with E-state index in [4.69, 9.17) is 4.74 Å². The van der Waals surface area contributed by atoms with Gasteiger partial charge < -0.3 is 15.4 Å². The van der Waals surface area contributed by atoms with Crippen molar-refractivity contribution < 1.29 is 14.3 Å². The number of fused-ring (bicyclic) bond motifs is 1. The van der Waals surface area contributed by atoms with Crippen molar-refractivity contribution in [2.45, 2.75) is 13.5 Å². The number of carbonyl (C=O) groups excluding carboxylic acids is 2. The molecule has 4 rings (SSSR count). The minimum absolute atomic E-state index is 0.00414. The topological polar surface area (TPSA) is 67.4 Å². The number of benzene rings is 3. The number of aryl methyl sites for hydroxylation is 1. The number of anilines is 1. The highest BCUT2D eigenvalue weighted by Crippen LogP contribution is 2.28. The molecule has 2 amide bonds. The molecular weight excluding hydrogens is 352 g/mol. The molecule has 0 saturated heterocycles. The molecule has 0 bridgehead atoms. The number of hydrogen-bond donors (Lipinski definition) is 2. The van der Waals surface area contributed by atoms with Crippen LogP contribution in [0.15, 0.2) is 66.7 Å². The predicted molar refractivity (Wildman–Crippen MR) is 108 cm³/mol. The molecule has 28 heavy (non-hydrogen) atoms. The maximum Gasteiger partial charge on any atom is 0.262 e. The zero-order valence-electron chi connectivity index (χ0n) is 15.5. The average molecular weight is 372 g/mol. The first kappa shape index (κ1) is 17.8. The van der Waals surface area contributed by atoms with E-state index >= 15 is 0 Å². The highest BCUT2D eigenvalue weighted by atomic mass is 16.5. The van der Waals surface area contributed by atoms with E-state index < -0.39 is 0 Å². The van der Waals surface area contributed by atoms with Gasteiger partial charge in [-0.05, 0) is 47.9 Å². The van der Waals surface area contributed by atoms with Crippen molar-refractivity contribution in [1.82, 2.24) is 5.32 Å². The van der Waals surface area contributed by atoms with Gasteiger partial charge in [0.15, 0.2) is 6.61 Å². The van der Waals surface area contributed by atoms with Gasteiger partial charge in [0, 0.05) is 12.1 Å². The number of carbonyl (C=O) groups is 2. The van der Waals surface area contributed by atoms with Gasteiger partial charge >= 0.3 is 0 Å². The summed E-state index contributed by atoms with van der Waals surface area (Å²) in [7, 11) is 0. The maximum absolute atomic E-state index is 12.5. The van der Waals surface area contributed by atoms with E-state index in [0.29, 0.717) is 23.5 Å². The van der Waals surface area contributed by atoms with E-state index in [2.05, 4.69) is 47.9 Å². The Morgan fingerprint density at radius 3 is 2.64 bits per heavy atom. The lowest BCUT2D eigenvalue weighted by Gasteiger charge is -2.18. The highest BCUT2D eigenvalue weighted by molar-refractivity contribution is 5.99. The van der Waals surface area contributed by atoms with Crippen molar-refractivity contribution in [3.8, 4) is 16.9 Å². The molecule has 0 unspecified atom stereocenters. The maximum atomic E-state index is 12.5. The number of hydrogen-bond acceptors (Lipinski definition) is 3. The van der Waals surface area contributed by atoms with E-state index in [-0.39, 0.29) is 18.4 Å². The van der Waals surface area contributed by atoms with Gasteiger partial charge in [0.05, 0.1) is 5.69 Å². The van der Waals surface area contributed by atoms with Gasteiger partial charge in [-0.25, -0.2) is 0 Å². The first-order chi connectivity index (χ1) is 13.6. The minimum atomic E-state index is -0.224. The predicted octanol–water partition coefficient (Wildman–Crippen LogP) is 3.92. The summed E-state index contributed by atoms with van der Waals surface area (Å²) in [5.74, 6) is 0.142. The van der Waals surface area contributed by atoms with Crippen LogP contribution in [-0.4, -0.2) is 18.4 Å². The molecular formula is C23H20N2O3. The molecule has 0 fully saturated rings. The van der Waals surface area contributed by atoms with Crippen LogP contribution in [0.2, 0.25) is 0 Å². The van der Waals surface area contributed by atoms with Crippen LogP contribution in [0.3, 0.4) is 0 Å². The van der Waals surface area contributed by atoms with Crippen molar-refractivity contribution >= 4 is 17.5 Å². The van der Waals surface area contributed by atoms with Crippen LogP contribution in [0.25, 0.3) is 11.1 Å². The summed E-state index contributed by atoms with van der Waals surface area (Å²) >= 11 is 0. The third-order valence-corrected chi connectivity index (χ3v) is 4.61. The molecule has 0 saturated carbocycles. The Morgan fingerprint density at radius 2 is 1.82 bits per heavy atom. The zero-order chi connectivity index (χ0) is 19.5. The Bertz CT molecular complexity index is 1060.